The Bertz CT molecular complexity index is 1440. The molecule has 1 N–H and O–H groups in total. The van der Waals surface area contributed by atoms with Crippen LogP contribution in [0, 0.1) is 5.82 Å². The first-order valence-electron chi connectivity index (χ1n) is 11.8. The fourth-order valence-corrected chi connectivity index (χ4v) is 6.61. The molecule has 2 aromatic rings. The zero-order valence-electron chi connectivity index (χ0n) is 19.6. The average Bonchev–Trinajstić information content (AvgIpc) is 3.48. The van der Waals surface area contributed by atoms with Crippen molar-refractivity contribution in [3.05, 3.63) is 47.3 Å². The Balaban J connectivity index is 1.17. The number of hydrogen-bond donors (Lipinski definition) is 1. The summed E-state index contributed by atoms with van der Waals surface area (Å²) in [6, 6.07) is 6.46. The number of nitrogens with zero attached hydrogens (tertiary/aromatic N) is 3. The maximum absolute atomic E-state index is 15.1. The van der Waals surface area contributed by atoms with Crippen LogP contribution >= 0.6 is 0 Å². The molecule has 0 aromatic heterocycles. The number of ether oxygens (including phenoxy) is 2. The first kappa shape index (κ1) is 23.7. The molecule has 2 aromatic carbocycles. The summed E-state index contributed by atoms with van der Waals surface area (Å²) in [6.45, 7) is 0.977. The van der Waals surface area contributed by atoms with E-state index in [1.165, 1.54) is 27.4 Å². The molecule has 13 heteroatoms. The van der Waals surface area contributed by atoms with Crippen molar-refractivity contribution in [1.82, 2.24) is 14.5 Å². The summed E-state index contributed by atoms with van der Waals surface area (Å²) in [4.78, 5) is 39.9. The highest BCUT2D eigenvalue weighted by Gasteiger charge is 2.40. The van der Waals surface area contributed by atoms with E-state index in [1.54, 1.807) is 17.0 Å². The Morgan fingerprint density at radius 1 is 0.973 bits per heavy atom. The van der Waals surface area contributed by atoms with E-state index in [9.17, 15) is 22.8 Å². The quantitative estimate of drug-likeness (QED) is 0.577. The highest BCUT2D eigenvalue weighted by molar-refractivity contribution is 7.89. The molecule has 0 bridgehead atoms. The zero-order valence-corrected chi connectivity index (χ0v) is 20.4. The smallest absolute Gasteiger partial charge is 0.255 e. The number of nitrogens with one attached hydrogen (secondary N) is 1. The molecule has 0 saturated carbocycles. The largest absolute Gasteiger partial charge is 0.454 e. The molecule has 2 saturated heterocycles. The number of rotatable bonds is 4. The number of hydrogen-bond acceptors (Lipinski definition) is 8. The topological polar surface area (TPSA) is 126 Å². The molecule has 4 aliphatic rings. The van der Waals surface area contributed by atoms with Crippen LogP contribution in [-0.4, -0.2) is 74.4 Å². The first-order chi connectivity index (χ1) is 17.7. The molecule has 3 amide bonds. The van der Waals surface area contributed by atoms with Gasteiger partial charge in [0.2, 0.25) is 28.6 Å². The number of halogens is 1. The summed E-state index contributed by atoms with van der Waals surface area (Å²) >= 11 is 0. The van der Waals surface area contributed by atoms with Crippen molar-refractivity contribution >= 4 is 33.4 Å². The summed E-state index contributed by atoms with van der Waals surface area (Å²) in [6.07, 6.45) is 0.356. The SMILES string of the molecule is O=C1CCC(N2Cc3cc(N4CCN(S(=O)(=O)c5ccc6c(c5)OCO6)CC4)c(F)cc3C2=O)C(=O)N1. The van der Waals surface area contributed by atoms with Gasteiger partial charge < -0.3 is 19.3 Å². The van der Waals surface area contributed by atoms with Crippen LogP contribution in [0.15, 0.2) is 35.2 Å². The summed E-state index contributed by atoms with van der Waals surface area (Å²) in [5.74, 6) is -1.08. The molecule has 1 unspecified atom stereocenters. The lowest BCUT2D eigenvalue weighted by molar-refractivity contribution is -0.136. The Kier molecular flexibility index (Phi) is 5.57. The molecule has 6 rings (SSSR count). The number of imide groups is 1. The van der Waals surface area contributed by atoms with Crippen molar-refractivity contribution in [2.75, 3.05) is 37.9 Å². The molecule has 11 nitrogen and oxygen atoms in total. The van der Waals surface area contributed by atoms with E-state index in [1.807, 2.05) is 0 Å². The van der Waals surface area contributed by atoms with Gasteiger partial charge in [0.15, 0.2) is 11.5 Å². The number of carbonyl (C=O) groups excluding carboxylic acids is 3. The maximum atomic E-state index is 15.1. The van der Waals surface area contributed by atoms with Crippen molar-refractivity contribution in [3.63, 3.8) is 0 Å². The van der Waals surface area contributed by atoms with Crippen LogP contribution in [0.3, 0.4) is 0 Å². The van der Waals surface area contributed by atoms with E-state index in [0.29, 0.717) is 17.1 Å². The molecule has 4 heterocycles. The number of amides is 3. The minimum absolute atomic E-state index is 0.0424. The number of piperidine rings is 1. The van der Waals surface area contributed by atoms with Crippen molar-refractivity contribution in [2.45, 2.75) is 30.3 Å². The third-order valence-electron chi connectivity index (χ3n) is 7.15. The van der Waals surface area contributed by atoms with Gasteiger partial charge in [-0.25, -0.2) is 12.8 Å². The summed E-state index contributed by atoms with van der Waals surface area (Å²) in [7, 11) is -3.78. The number of sulfonamides is 1. The van der Waals surface area contributed by atoms with Crippen LogP contribution < -0.4 is 19.7 Å². The van der Waals surface area contributed by atoms with E-state index in [-0.39, 0.29) is 74.4 Å². The average molecular weight is 531 g/mol. The van der Waals surface area contributed by atoms with Gasteiger partial charge >= 0.3 is 0 Å². The maximum Gasteiger partial charge on any atom is 0.255 e. The molecule has 1 atom stereocenters. The van der Waals surface area contributed by atoms with E-state index in [0.717, 1.165) is 0 Å². The second-order valence-electron chi connectivity index (χ2n) is 9.27. The standard InChI is InChI=1S/C24H23FN4O7S/c25-17-11-16-14(12-29(24(16)32)18-2-4-22(30)26-23(18)31)9-19(17)27-5-7-28(8-6-27)37(33,34)15-1-3-20-21(10-15)36-13-35-20/h1,3,9-11,18H,2,4-8,12-13H2,(H,26,30,31). The fourth-order valence-electron chi connectivity index (χ4n) is 5.17. The van der Waals surface area contributed by atoms with E-state index in [2.05, 4.69) is 5.32 Å². The van der Waals surface area contributed by atoms with Crippen molar-refractivity contribution < 1.29 is 36.7 Å². The van der Waals surface area contributed by atoms with E-state index in [4.69, 9.17) is 9.47 Å². The van der Waals surface area contributed by atoms with Gasteiger partial charge in [0.05, 0.1) is 10.6 Å². The van der Waals surface area contributed by atoms with Crippen LogP contribution in [0.25, 0.3) is 0 Å². The molecule has 2 fully saturated rings. The number of benzene rings is 2. The number of fused-ring (bicyclic) bond motifs is 2. The van der Waals surface area contributed by atoms with Gasteiger partial charge in [-0.1, -0.05) is 0 Å². The Labute approximate surface area is 211 Å². The van der Waals surface area contributed by atoms with Gasteiger partial charge in [0.25, 0.3) is 5.91 Å². The van der Waals surface area contributed by atoms with Gasteiger partial charge in [-0.2, -0.15) is 4.31 Å². The molecule has 4 aliphatic heterocycles. The zero-order chi connectivity index (χ0) is 25.9. The van der Waals surface area contributed by atoms with Gasteiger partial charge in [-0.05, 0) is 36.2 Å². The summed E-state index contributed by atoms with van der Waals surface area (Å²) < 4.78 is 53.3. The predicted octanol–water partition coefficient (Wildman–Crippen LogP) is 0.826. The van der Waals surface area contributed by atoms with Crippen LogP contribution in [-0.2, 0) is 26.2 Å². The second kappa shape index (κ2) is 8.70. The molecule has 0 spiro atoms. The summed E-state index contributed by atoms with van der Waals surface area (Å²) in [5.41, 5.74) is 1.05. The molecule has 0 radical (unpaired) electrons. The molecule has 194 valence electrons. The third kappa shape index (κ3) is 3.98. The lowest BCUT2D eigenvalue weighted by Gasteiger charge is -2.35. The van der Waals surface area contributed by atoms with Crippen LogP contribution in [0.5, 0.6) is 11.5 Å². The minimum Gasteiger partial charge on any atom is -0.454 e. The monoisotopic (exact) mass is 530 g/mol. The first-order valence-corrected chi connectivity index (χ1v) is 13.3. The van der Waals surface area contributed by atoms with Crippen LogP contribution in [0.4, 0.5) is 10.1 Å². The highest BCUT2D eigenvalue weighted by Crippen LogP contribution is 2.36. The van der Waals surface area contributed by atoms with Gasteiger partial charge in [0.1, 0.15) is 11.9 Å². The third-order valence-corrected chi connectivity index (χ3v) is 9.05. The molecular weight excluding hydrogens is 507 g/mol. The number of anilines is 1. The van der Waals surface area contributed by atoms with Gasteiger partial charge in [-0.15, -0.1) is 0 Å². The van der Waals surface area contributed by atoms with Gasteiger partial charge in [-0.3, -0.25) is 19.7 Å². The molecular formula is C24H23FN4O7S. The van der Waals surface area contributed by atoms with Crippen molar-refractivity contribution in [2.24, 2.45) is 0 Å². The van der Waals surface area contributed by atoms with E-state index >= 15 is 4.39 Å². The molecule has 0 aliphatic carbocycles. The lowest BCUT2D eigenvalue weighted by Crippen LogP contribution is -2.52. The van der Waals surface area contributed by atoms with Gasteiger partial charge in [0, 0.05) is 50.8 Å². The number of carbonyl (C=O) groups is 3. The second-order valence-corrected chi connectivity index (χ2v) is 11.2. The van der Waals surface area contributed by atoms with Crippen LogP contribution in [0.2, 0.25) is 0 Å². The Hall–Kier alpha value is -3.71. The summed E-state index contributed by atoms with van der Waals surface area (Å²) in [5, 5.41) is 2.25. The Morgan fingerprint density at radius 2 is 1.73 bits per heavy atom. The lowest BCUT2D eigenvalue weighted by atomic mass is 10.0. The van der Waals surface area contributed by atoms with E-state index < -0.39 is 33.7 Å². The van der Waals surface area contributed by atoms with Crippen LogP contribution in [0.1, 0.15) is 28.8 Å². The fraction of sp³-hybridized carbons (Fsp3) is 0.375. The molecule has 37 heavy (non-hydrogen) atoms. The normalized spacial score (nSPS) is 21.9. The van der Waals surface area contributed by atoms with Crippen molar-refractivity contribution in [3.8, 4) is 11.5 Å². The number of piperazine rings is 1. The predicted molar refractivity (Wildman–Crippen MR) is 126 cm³/mol. The highest BCUT2D eigenvalue weighted by atomic mass is 32.2. The van der Waals surface area contributed by atoms with Crippen molar-refractivity contribution in [1.29, 1.82) is 0 Å². The minimum atomic E-state index is -3.78. The Morgan fingerprint density at radius 3 is 2.49 bits per heavy atom.